The Hall–Kier alpha value is -1.31. The first-order valence-electron chi connectivity index (χ1n) is 12.0. The number of esters is 1. The van der Waals surface area contributed by atoms with Gasteiger partial charge in [-0.3, -0.25) is 4.79 Å². The summed E-state index contributed by atoms with van der Waals surface area (Å²) in [6, 6.07) is 10.6. The Morgan fingerprint density at radius 1 is 0.750 bits per heavy atom. The SMILES string of the molecule is CCCCCCCCC(CCCCCC)C(=O)OCCCCc1ccccc1. The highest BCUT2D eigenvalue weighted by molar-refractivity contribution is 5.72. The molecule has 0 fully saturated rings. The van der Waals surface area contributed by atoms with Crippen LogP contribution >= 0.6 is 0 Å². The minimum Gasteiger partial charge on any atom is -0.465 e. The zero-order chi connectivity index (χ0) is 20.3. The summed E-state index contributed by atoms with van der Waals surface area (Å²) < 4.78 is 5.66. The molecule has 1 aromatic rings. The molecule has 0 aliphatic heterocycles. The summed E-state index contributed by atoms with van der Waals surface area (Å²) in [7, 11) is 0. The Morgan fingerprint density at radius 3 is 1.96 bits per heavy atom. The third kappa shape index (κ3) is 13.0. The number of rotatable bonds is 18. The lowest BCUT2D eigenvalue weighted by molar-refractivity contribution is -0.149. The predicted molar refractivity (Wildman–Crippen MR) is 121 cm³/mol. The van der Waals surface area contributed by atoms with Gasteiger partial charge in [0.15, 0.2) is 0 Å². The molecule has 0 spiro atoms. The molecule has 28 heavy (non-hydrogen) atoms. The van der Waals surface area contributed by atoms with Crippen molar-refractivity contribution in [2.75, 3.05) is 6.61 Å². The third-order valence-corrected chi connectivity index (χ3v) is 5.59. The fourth-order valence-electron chi connectivity index (χ4n) is 3.74. The van der Waals surface area contributed by atoms with Crippen LogP contribution in [0.5, 0.6) is 0 Å². The van der Waals surface area contributed by atoms with Crippen molar-refractivity contribution in [2.24, 2.45) is 5.92 Å². The zero-order valence-electron chi connectivity index (χ0n) is 18.6. The molecular formula is C26H44O2. The summed E-state index contributed by atoms with van der Waals surface area (Å²) in [5, 5.41) is 0. The van der Waals surface area contributed by atoms with E-state index in [2.05, 4.69) is 44.2 Å². The van der Waals surface area contributed by atoms with Crippen LogP contribution in [0.15, 0.2) is 30.3 Å². The van der Waals surface area contributed by atoms with Gasteiger partial charge in [-0.2, -0.15) is 0 Å². The number of hydrogen-bond acceptors (Lipinski definition) is 2. The number of carbonyl (C=O) groups excluding carboxylic acids is 1. The molecule has 0 heterocycles. The van der Waals surface area contributed by atoms with Crippen LogP contribution in [-0.2, 0) is 16.0 Å². The fraction of sp³-hybridized carbons (Fsp3) is 0.731. The van der Waals surface area contributed by atoms with Gasteiger partial charge in [-0.25, -0.2) is 0 Å². The van der Waals surface area contributed by atoms with Gasteiger partial charge < -0.3 is 4.74 Å². The topological polar surface area (TPSA) is 26.3 Å². The Kier molecular flexibility index (Phi) is 15.7. The number of carbonyl (C=O) groups is 1. The van der Waals surface area contributed by atoms with Crippen molar-refractivity contribution in [1.82, 2.24) is 0 Å². The molecule has 0 saturated carbocycles. The van der Waals surface area contributed by atoms with Crippen LogP contribution in [0.4, 0.5) is 0 Å². The van der Waals surface area contributed by atoms with Gasteiger partial charge in [0.1, 0.15) is 0 Å². The first-order chi connectivity index (χ1) is 13.8. The van der Waals surface area contributed by atoms with Crippen molar-refractivity contribution in [3.8, 4) is 0 Å². The lowest BCUT2D eigenvalue weighted by Gasteiger charge is -2.16. The van der Waals surface area contributed by atoms with E-state index in [0.29, 0.717) is 6.61 Å². The van der Waals surface area contributed by atoms with E-state index in [1.54, 1.807) is 0 Å². The summed E-state index contributed by atoms with van der Waals surface area (Å²) in [5.41, 5.74) is 1.37. The molecule has 160 valence electrons. The molecule has 1 aromatic carbocycles. The van der Waals surface area contributed by atoms with Gasteiger partial charge >= 0.3 is 5.97 Å². The Bertz CT molecular complexity index is 469. The van der Waals surface area contributed by atoms with Gasteiger partial charge in [0.25, 0.3) is 0 Å². The molecule has 0 N–H and O–H groups in total. The van der Waals surface area contributed by atoms with Gasteiger partial charge in [-0.1, -0.05) is 108 Å². The summed E-state index contributed by atoms with van der Waals surface area (Å²) in [6.45, 7) is 5.06. The summed E-state index contributed by atoms with van der Waals surface area (Å²) in [6.07, 6.45) is 17.8. The zero-order valence-corrected chi connectivity index (χ0v) is 18.6. The van der Waals surface area contributed by atoms with Crippen molar-refractivity contribution in [2.45, 2.75) is 110 Å². The van der Waals surface area contributed by atoms with Crippen LogP contribution in [0.1, 0.15) is 109 Å². The van der Waals surface area contributed by atoms with E-state index in [-0.39, 0.29) is 11.9 Å². The van der Waals surface area contributed by atoms with Crippen LogP contribution in [0.3, 0.4) is 0 Å². The van der Waals surface area contributed by atoms with Crippen LogP contribution in [0, 0.1) is 5.92 Å². The molecule has 0 aliphatic rings. The number of benzene rings is 1. The fourth-order valence-corrected chi connectivity index (χ4v) is 3.74. The highest BCUT2D eigenvalue weighted by Gasteiger charge is 2.19. The second-order valence-electron chi connectivity index (χ2n) is 8.21. The van der Waals surface area contributed by atoms with Crippen molar-refractivity contribution in [3.63, 3.8) is 0 Å². The highest BCUT2D eigenvalue weighted by Crippen LogP contribution is 2.20. The molecule has 1 unspecified atom stereocenters. The highest BCUT2D eigenvalue weighted by atomic mass is 16.5. The maximum atomic E-state index is 12.6. The van der Waals surface area contributed by atoms with E-state index in [1.807, 2.05) is 0 Å². The number of unbranched alkanes of at least 4 members (excludes halogenated alkanes) is 9. The average molecular weight is 389 g/mol. The standard InChI is InChI=1S/C26H44O2/c1-3-5-7-9-10-15-22-25(21-14-8-6-4-2)26(27)28-23-17-16-20-24-18-12-11-13-19-24/h11-13,18-19,25H,3-10,14-17,20-23H2,1-2H3. The van der Waals surface area contributed by atoms with E-state index >= 15 is 0 Å². The smallest absolute Gasteiger partial charge is 0.308 e. The molecular weight excluding hydrogens is 344 g/mol. The molecule has 0 aliphatic carbocycles. The molecule has 0 bridgehead atoms. The van der Waals surface area contributed by atoms with Crippen molar-refractivity contribution < 1.29 is 9.53 Å². The third-order valence-electron chi connectivity index (χ3n) is 5.59. The minimum atomic E-state index is 0.0600. The first-order valence-corrected chi connectivity index (χ1v) is 12.0. The Morgan fingerprint density at radius 2 is 1.32 bits per heavy atom. The molecule has 0 saturated heterocycles. The molecule has 1 rings (SSSR count). The lowest BCUT2D eigenvalue weighted by Crippen LogP contribution is -2.18. The van der Waals surface area contributed by atoms with Crippen molar-refractivity contribution in [1.29, 1.82) is 0 Å². The maximum absolute atomic E-state index is 12.6. The van der Waals surface area contributed by atoms with E-state index < -0.39 is 0 Å². The predicted octanol–water partition coefficient (Wildman–Crippen LogP) is 7.89. The average Bonchev–Trinajstić information content (AvgIpc) is 2.72. The largest absolute Gasteiger partial charge is 0.465 e. The quantitative estimate of drug-likeness (QED) is 0.189. The number of aryl methyl sites for hydroxylation is 1. The summed E-state index contributed by atoms with van der Waals surface area (Å²) in [4.78, 5) is 12.6. The lowest BCUT2D eigenvalue weighted by atomic mass is 9.94. The first kappa shape index (κ1) is 24.7. The minimum absolute atomic E-state index is 0.0600. The van der Waals surface area contributed by atoms with Gasteiger partial charge in [-0.05, 0) is 37.7 Å². The maximum Gasteiger partial charge on any atom is 0.308 e. The van der Waals surface area contributed by atoms with Crippen LogP contribution in [0.2, 0.25) is 0 Å². The van der Waals surface area contributed by atoms with Crippen LogP contribution in [0.25, 0.3) is 0 Å². The summed E-state index contributed by atoms with van der Waals surface area (Å²) in [5.74, 6) is 0.182. The van der Waals surface area contributed by atoms with Gasteiger partial charge in [0.05, 0.1) is 12.5 Å². The van der Waals surface area contributed by atoms with E-state index in [0.717, 1.165) is 38.5 Å². The van der Waals surface area contributed by atoms with Crippen molar-refractivity contribution >= 4 is 5.97 Å². The molecule has 1 atom stereocenters. The normalized spacial score (nSPS) is 12.1. The van der Waals surface area contributed by atoms with E-state index in [9.17, 15) is 4.79 Å². The van der Waals surface area contributed by atoms with E-state index in [4.69, 9.17) is 4.74 Å². The number of hydrogen-bond donors (Lipinski definition) is 0. The van der Waals surface area contributed by atoms with Crippen LogP contribution < -0.4 is 0 Å². The van der Waals surface area contributed by atoms with Gasteiger partial charge in [-0.15, -0.1) is 0 Å². The Labute approximate surface area is 174 Å². The van der Waals surface area contributed by atoms with Crippen molar-refractivity contribution in [3.05, 3.63) is 35.9 Å². The molecule has 0 aromatic heterocycles. The number of ether oxygens (including phenoxy) is 1. The second-order valence-corrected chi connectivity index (χ2v) is 8.21. The van der Waals surface area contributed by atoms with Gasteiger partial charge in [0.2, 0.25) is 0 Å². The van der Waals surface area contributed by atoms with E-state index in [1.165, 1.54) is 63.4 Å². The molecule has 2 nitrogen and oxygen atoms in total. The molecule has 0 amide bonds. The van der Waals surface area contributed by atoms with Crippen LogP contribution in [-0.4, -0.2) is 12.6 Å². The van der Waals surface area contributed by atoms with Gasteiger partial charge in [0, 0.05) is 0 Å². The second kappa shape index (κ2) is 17.8. The summed E-state index contributed by atoms with van der Waals surface area (Å²) >= 11 is 0. The monoisotopic (exact) mass is 388 g/mol. The molecule has 0 radical (unpaired) electrons. The molecule has 2 heteroatoms. The Balaban J connectivity index is 2.23.